The molecule has 0 aliphatic carbocycles. The normalized spacial score (nSPS) is 13.8. The maximum atomic E-state index is 11.3. The number of aliphatic hydroxyl groups excluding tert-OH is 1. The van der Waals surface area contributed by atoms with Crippen molar-refractivity contribution >= 4 is 5.97 Å². The molecule has 0 aliphatic rings. The topological polar surface area (TPSA) is 78.8 Å². The fraction of sp³-hybridized carbons (Fsp3) is 0.500. The van der Waals surface area contributed by atoms with E-state index >= 15 is 0 Å². The highest BCUT2D eigenvalue weighted by Gasteiger charge is 2.33. The fourth-order valence-electron chi connectivity index (χ4n) is 1.77. The van der Waals surface area contributed by atoms with Gasteiger partial charge in [0.1, 0.15) is 17.9 Å². The van der Waals surface area contributed by atoms with Crippen molar-refractivity contribution in [1.82, 2.24) is 5.32 Å². The van der Waals surface area contributed by atoms with Crippen molar-refractivity contribution in [2.24, 2.45) is 0 Å². The van der Waals surface area contributed by atoms with Gasteiger partial charge in [0.05, 0.1) is 0 Å². The summed E-state index contributed by atoms with van der Waals surface area (Å²) in [5.41, 5.74) is -0.254. The third kappa shape index (κ3) is 4.22. The van der Waals surface area contributed by atoms with Crippen molar-refractivity contribution < 1.29 is 19.7 Å². The molecule has 19 heavy (non-hydrogen) atoms. The van der Waals surface area contributed by atoms with E-state index in [1.165, 1.54) is 0 Å². The Morgan fingerprint density at radius 3 is 2.68 bits per heavy atom. The third-order valence-corrected chi connectivity index (χ3v) is 2.91. The molecule has 0 radical (unpaired) electrons. The predicted molar refractivity (Wildman–Crippen MR) is 72.4 cm³/mol. The molecule has 0 amide bonds. The van der Waals surface area contributed by atoms with E-state index in [2.05, 4.69) is 5.32 Å². The van der Waals surface area contributed by atoms with Gasteiger partial charge in [0.15, 0.2) is 0 Å². The van der Waals surface area contributed by atoms with Crippen LogP contribution in [0.3, 0.4) is 0 Å². The Kier molecular flexibility index (Phi) is 5.79. The Morgan fingerprint density at radius 1 is 1.42 bits per heavy atom. The number of hydrogen-bond donors (Lipinski definition) is 3. The Balaban J connectivity index is 2.77. The highest BCUT2D eigenvalue weighted by molar-refractivity contribution is 5.78. The molecule has 1 aromatic carbocycles. The van der Waals surface area contributed by atoms with E-state index in [1.807, 2.05) is 25.1 Å². The van der Waals surface area contributed by atoms with Gasteiger partial charge in [0.25, 0.3) is 0 Å². The molecule has 0 heterocycles. The number of rotatable bonds is 8. The van der Waals surface area contributed by atoms with Crippen molar-refractivity contribution in [3.63, 3.8) is 0 Å². The zero-order valence-corrected chi connectivity index (χ0v) is 11.3. The fourth-order valence-corrected chi connectivity index (χ4v) is 1.77. The summed E-state index contributed by atoms with van der Waals surface area (Å²) in [6.45, 7) is 4.04. The highest BCUT2D eigenvalue weighted by Crippen LogP contribution is 2.20. The average molecular weight is 267 g/mol. The number of likely N-dealkylation sites (N-methyl/N-ethyl adjacent to an activating group) is 1. The van der Waals surface area contributed by atoms with Crippen LogP contribution in [0.1, 0.15) is 19.4 Å². The van der Waals surface area contributed by atoms with Crippen molar-refractivity contribution in [2.75, 3.05) is 19.8 Å². The number of aliphatic hydroxyl groups is 1. The van der Waals surface area contributed by atoms with Gasteiger partial charge in [-0.2, -0.15) is 0 Å². The van der Waals surface area contributed by atoms with E-state index < -0.39 is 11.5 Å². The first-order chi connectivity index (χ1) is 9.03. The number of carboxylic acids is 1. The predicted octanol–water partition coefficient (Wildman–Crippen LogP) is 1.05. The van der Waals surface area contributed by atoms with Gasteiger partial charge in [-0.1, -0.05) is 25.1 Å². The summed E-state index contributed by atoms with van der Waals surface area (Å²) >= 11 is 0. The molecule has 106 valence electrons. The first-order valence-corrected chi connectivity index (χ1v) is 6.33. The lowest BCUT2D eigenvalue weighted by Gasteiger charge is -2.26. The lowest BCUT2D eigenvalue weighted by Crippen LogP contribution is -2.53. The molecule has 1 rings (SSSR count). The molecule has 0 fully saturated rings. The van der Waals surface area contributed by atoms with Crippen LogP contribution in [0.25, 0.3) is 0 Å². The van der Waals surface area contributed by atoms with Crippen molar-refractivity contribution in [3.8, 4) is 5.75 Å². The standard InChI is InChI=1S/C14H21NO4/c1-3-15-14(2,13(17)18)10-19-12-7-5-4-6-11(12)8-9-16/h4-7,15-16H,3,8-10H2,1-2H3,(H,17,18). The molecule has 0 aliphatic heterocycles. The van der Waals surface area contributed by atoms with Gasteiger partial charge >= 0.3 is 5.97 Å². The zero-order valence-electron chi connectivity index (χ0n) is 11.3. The molecule has 0 aromatic heterocycles. The molecule has 3 N–H and O–H groups in total. The summed E-state index contributed by atoms with van der Waals surface area (Å²) in [4.78, 5) is 11.3. The van der Waals surface area contributed by atoms with Crippen LogP contribution >= 0.6 is 0 Å². The Labute approximate surface area is 113 Å². The van der Waals surface area contributed by atoms with Crippen LogP contribution in [0.2, 0.25) is 0 Å². The number of para-hydroxylation sites is 1. The van der Waals surface area contributed by atoms with E-state index in [0.29, 0.717) is 18.7 Å². The Bertz CT molecular complexity index is 422. The van der Waals surface area contributed by atoms with Crippen LogP contribution in [0.15, 0.2) is 24.3 Å². The maximum Gasteiger partial charge on any atom is 0.327 e. The summed E-state index contributed by atoms with van der Waals surface area (Å²) in [6, 6.07) is 7.32. The minimum absolute atomic E-state index is 0.0264. The Morgan fingerprint density at radius 2 is 2.11 bits per heavy atom. The first-order valence-electron chi connectivity index (χ1n) is 6.33. The van der Waals surface area contributed by atoms with Crippen LogP contribution in [-0.2, 0) is 11.2 Å². The molecule has 1 unspecified atom stereocenters. The summed E-state index contributed by atoms with van der Waals surface area (Å²) in [5, 5.41) is 21.1. The smallest absolute Gasteiger partial charge is 0.327 e. The second-order valence-electron chi connectivity index (χ2n) is 4.54. The van der Waals surface area contributed by atoms with Crippen LogP contribution in [0, 0.1) is 0 Å². The van der Waals surface area contributed by atoms with Gasteiger partial charge in [0, 0.05) is 6.61 Å². The number of nitrogens with one attached hydrogen (secondary N) is 1. The molecule has 1 aromatic rings. The maximum absolute atomic E-state index is 11.3. The quantitative estimate of drug-likeness (QED) is 0.656. The summed E-state index contributed by atoms with van der Waals surface area (Å²) in [7, 11) is 0. The van der Waals surface area contributed by atoms with E-state index in [0.717, 1.165) is 5.56 Å². The molecular formula is C14H21NO4. The number of hydrogen-bond acceptors (Lipinski definition) is 4. The van der Waals surface area contributed by atoms with Crippen molar-refractivity contribution in [2.45, 2.75) is 25.8 Å². The summed E-state index contributed by atoms with van der Waals surface area (Å²) in [6.07, 6.45) is 0.487. The molecule has 0 spiro atoms. The lowest BCUT2D eigenvalue weighted by molar-refractivity contribution is -0.145. The molecule has 0 bridgehead atoms. The third-order valence-electron chi connectivity index (χ3n) is 2.91. The van der Waals surface area contributed by atoms with Gasteiger partial charge in [-0.3, -0.25) is 10.1 Å². The number of benzene rings is 1. The van der Waals surface area contributed by atoms with Crippen LogP contribution in [0.5, 0.6) is 5.75 Å². The van der Waals surface area contributed by atoms with E-state index in [4.69, 9.17) is 9.84 Å². The van der Waals surface area contributed by atoms with Crippen LogP contribution in [0.4, 0.5) is 0 Å². The number of ether oxygens (including phenoxy) is 1. The summed E-state index contributed by atoms with van der Waals surface area (Å²) in [5.74, 6) is -0.337. The van der Waals surface area contributed by atoms with Gasteiger partial charge in [-0.15, -0.1) is 0 Å². The minimum atomic E-state index is -1.12. The molecule has 5 nitrogen and oxygen atoms in total. The molecule has 0 saturated carbocycles. The molecule has 0 saturated heterocycles. The molecular weight excluding hydrogens is 246 g/mol. The monoisotopic (exact) mass is 267 g/mol. The zero-order chi connectivity index (χ0) is 14.3. The highest BCUT2D eigenvalue weighted by atomic mass is 16.5. The van der Waals surface area contributed by atoms with E-state index in [1.54, 1.807) is 13.0 Å². The van der Waals surface area contributed by atoms with Crippen LogP contribution in [-0.4, -0.2) is 41.5 Å². The van der Waals surface area contributed by atoms with Gasteiger partial charge in [0.2, 0.25) is 0 Å². The minimum Gasteiger partial charge on any atom is -0.491 e. The molecule has 5 heteroatoms. The van der Waals surface area contributed by atoms with Gasteiger partial charge in [-0.25, -0.2) is 0 Å². The average Bonchev–Trinajstić information content (AvgIpc) is 2.38. The van der Waals surface area contributed by atoms with E-state index in [9.17, 15) is 9.90 Å². The van der Waals surface area contributed by atoms with Crippen LogP contribution < -0.4 is 10.1 Å². The van der Waals surface area contributed by atoms with Crippen molar-refractivity contribution in [3.05, 3.63) is 29.8 Å². The molecule has 1 atom stereocenters. The largest absolute Gasteiger partial charge is 0.491 e. The lowest BCUT2D eigenvalue weighted by atomic mass is 10.0. The second kappa shape index (κ2) is 7.11. The van der Waals surface area contributed by atoms with Gasteiger partial charge in [-0.05, 0) is 31.5 Å². The van der Waals surface area contributed by atoms with E-state index in [-0.39, 0.29) is 13.2 Å². The second-order valence-corrected chi connectivity index (χ2v) is 4.54. The number of carbonyl (C=O) groups is 1. The summed E-state index contributed by atoms with van der Waals surface area (Å²) < 4.78 is 5.61. The number of aliphatic carboxylic acids is 1. The van der Waals surface area contributed by atoms with Crippen molar-refractivity contribution in [1.29, 1.82) is 0 Å². The number of carboxylic acid groups (broad SMARTS) is 1. The SMILES string of the molecule is CCNC(C)(COc1ccccc1CCO)C(=O)O. The Hall–Kier alpha value is -1.59. The first kappa shape index (κ1) is 15.5. The van der Waals surface area contributed by atoms with Gasteiger partial charge < -0.3 is 14.9 Å².